The molecule has 10 nitrogen and oxygen atoms in total. The molecule has 4 aromatic carbocycles. The van der Waals surface area contributed by atoms with Crippen molar-refractivity contribution in [3.63, 3.8) is 0 Å². The summed E-state index contributed by atoms with van der Waals surface area (Å²) in [6.07, 6.45) is -0.762. The number of rotatable bonds is 9. The van der Waals surface area contributed by atoms with Gasteiger partial charge >= 0.3 is 18.0 Å². The van der Waals surface area contributed by atoms with Gasteiger partial charge in [-0.25, -0.2) is 18.4 Å². The number of phenolic OH excluding ortho intramolecular Hbond substituents is 2. The summed E-state index contributed by atoms with van der Waals surface area (Å²) >= 11 is 0. The summed E-state index contributed by atoms with van der Waals surface area (Å²) in [5, 5.41) is 29.2. The number of carbonyl (C=O) groups is 3. The predicted octanol–water partition coefficient (Wildman–Crippen LogP) is 4.64. The normalized spacial score (nSPS) is 12.9. The Balaban J connectivity index is 0.000000288. The van der Waals surface area contributed by atoms with Crippen LogP contribution in [0.2, 0.25) is 0 Å². The Bertz CT molecular complexity index is 1690. The molecule has 0 unspecified atom stereocenters. The third kappa shape index (κ3) is 8.16. The van der Waals surface area contributed by atoms with Gasteiger partial charge in [-0.15, -0.1) is 0 Å². The van der Waals surface area contributed by atoms with E-state index in [0.29, 0.717) is 11.1 Å². The van der Waals surface area contributed by atoms with Crippen LogP contribution in [-0.2, 0) is 31.9 Å². The van der Waals surface area contributed by atoms with E-state index in [1.54, 1.807) is 0 Å². The summed E-state index contributed by atoms with van der Waals surface area (Å²) < 4.78 is 36.7. The highest BCUT2D eigenvalue weighted by molar-refractivity contribution is 5.82. The second-order valence-corrected chi connectivity index (χ2v) is 10.5. The Labute approximate surface area is 263 Å². The second-order valence-electron chi connectivity index (χ2n) is 10.5. The number of carboxylic acids is 1. The number of hydrogen-bond acceptors (Lipinski definition) is 8. The lowest BCUT2D eigenvalue weighted by Gasteiger charge is -2.18. The van der Waals surface area contributed by atoms with Gasteiger partial charge in [0.2, 0.25) is 0 Å². The molecule has 0 saturated carbocycles. The third-order valence-electron chi connectivity index (χ3n) is 7.36. The van der Waals surface area contributed by atoms with Gasteiger partial charge in [0.05, 0.1) is 7.11 Å². The van der Waals surface area contributed by atoms with Crippen LogP contribution in [0.5, 0.6) is 11.5 Å². The van der Waals surface area contributed by atoms with E-state index in [4.69, 9.17) is 25.4 Å². The quantitative estimate of drug-likeness (QED) is 0.165. The smallest absolute Gasteiger partial charge is 0.407 e. The minimum Gasteiger partial charge on any atom is -0.505 e. The van der Waals surface area contributed by atoms with Crippen molar-refractivity contribution < 1.29 is 48.0 Å². The lowest BCUT2D eigenvalue weighted by Crippen LogP contribution is -2.43. The molecule has 2 atom stereocenters. The molecule has 0 aliphatic heterocycles. The van der Waals surface area contributed by atoms with Gasteiger partial charge in [0.15, 0.2) is 23.1 Å². The van der Waals surface area contributed by atoms with Gasteiger partial charge in [-0.1, -0.05) is 60.7 Å². The topological polar surface area (TPSA) is 168 Å². The average molecular weight is 635 g/mol. The zero-order chi connectivity index (χ0) is 33.4. The number of ether oxygens (including phenoxy) is 2. The predicted molar refractivity (Wildman–Crippen MR) is 163 cm³/mol. The number of nitrogens with two attached hydrogens (primary N) is 1. The van der Waals surface area contributed by atoms with E-state index >= 15 is 0 Å². The summed E-state index contributed by atoms with van der Waals surface area (Å²) in [7, 11) is 1.20. The number of esters is 1. The second kappa shape index (κ2) is 15.0. The number of aliphatic carboxylic acids is 1. The Kier molecular flexibility index (Phi) is 10.9. The monoisotopic (exact) mass is 634 g/mol. The molecule has 0 heterocycles. The molecule has 0 radical (unpaired) electrons. The first-order valence-electron chi connectivity index (χ1n) is 14.1. The molecule has 0 spiro atoms. The number of aromatic hydroxyl groups is 2. The maximum absolute atomic E-state index is 13.6. The van der Waals surface area contributed by atoms with E-state index in [0.717, 1.165) is 34.4 Å². The molecular weight excluding hydrogens is 602 g/mol. The zero-order valence-corrected chi connectivity index (χ0v) is 24.7. The highest BCUT2D eigenvalue weighted by Gasteiger charge is 2.30. The SMILES string of the molecule is COC(=O)[C@H](Cc1ccc(O)c(F)c1)NC(=O)OCC1c2ccccc2-c2ccccc21.N[C@@H](Cc1ccc(O)c(F)c1)C(=O)O. The van der Waals surface area contributed by atoms with E-state index in [9.17, 15) is 28.3 Å². The molecule has 240 valence electrons. The summed E-state index contributed by atoms with van der Waals surface area (Å²) in [4.78, 5) is 35.1. The van der Waals surface area contributed by atoms with Crippen molar-refractivity contribution in [2.45, 2.75) is 30.8 Å². The molecule has 0 bridgehead atoms. The molecule has 5 rings (SSSR count). The number of carboxylic acid groups (broad SMARTS) is 1. The molecule has 12 heteroatoms. The fourth-order valence-electron chi connectivity index (χ4n) is 5.05. The number of halogens is 2. The van der Waals surface area contributed by atoms with Crippen molar-refractivity contribution >= 4 is 18.0 Å². The molecule has 6 N–H and O–H groups in total. The van der Waals surface area contributed by atoms with Crippen molar-refractivity contribution in [3.05, 3.63) is 119 Å². The van der Waals surface area contributed by atoms with Crippen molar-refractivity contribution in [3.8, 4) is 22.6 Å². The van der Waals surface area contributed by atoms with Crippen LogP contribution in [0.3, 0.4) is 0 Å². The number of amides is 1. The lowest BCUT2D eigenvalue weighted by molar-refractivity contribution is -0.143. The van der Waals surface area contributed by atoms with Gasteiger partial charge in [-0.3, -0.25) is 4.79 Å². The fourth-order valence-corrected chi connectivity index (χ4v) is 5.05. The molecule has 1 aliphatic carbocycles. The van der Waals surface area contributed by atoms with Crippen LogP contribution >= 0.6 is 0 Å². The Morgan fingerprint density at radius 2 is 1.33 bits per heavy atom. The first kappa shape index (κ1) is 33.4. The van der Waals surface area contributed by atoms with Crippen molar-refractivity contribution in [2.75, 3.05) is 13.7 Å². The lowest BCUT2D eigenvalue weighted by atomic mass is 9.98. The van der Waals surface area contributed by atoms with E-state index in [2.05, 4.69) is 5.32 Å². The molecule has 0 saturated heterocycles. The molecule has 0 fully saturated rings. The van der Waals surface area contributed by atoms with Crippen LogP contribution in [0.25, 0.3) is 11.1 Å². The standard InChI is InChI=1S/C25H22FNO5.C9H10FNO3/c1-31-24(29)22(13-15-10-11-23(28)21(26)12-15)27-25(30)32-14-20-18-8-4-2-6-16(18)17-7-3-5-9-19(17)20;10-6-3-5(1-2-8(6)12)4-7(11)9(13)14/h2-12,20,22,28H,13-14H2,1H3,(H,27,30);1-3,7,12H,4,11H2,(H,13,14)/t22-;7-/m00/s1. The van der Waals surface area contributed by atoms with Crippen LogP contribution in [0.1, 0.15) is 28.2 Å². The van der Waals surface area contributed by atoms with Gasteiger partial charge < -0.3 is 35.8 Å². The zero-order valence-electron chi connectivity index (χ0n) is 24.7. The number of nitrogens with one attached hydrogen (secondary N) is 1. The van der Waals surface area contributed by atoms with Crippen LogP contribution in [-0.4, -0.2) is 59.2 Å². The number of phenols is 2. The highest BCUT2D eigenvalue weighted by Crippen LogP contribution is 2.44. The van der Waals surface area contributed by atoms with E-state index in [-0.39, 0.29) is 25.4 Å². The average Bonchev–Trinajstić information content (AvgIpc) is 3.36. The number of methoxy groups -OCH3 is 1. The van der Waals surface area contributed by atoms with Gasteiger partial charge in [0.1, 0.15) is 18.7 Å². The largest absolute Gasteiger partial charge is 0.505 e. The van der Waals surface area contributed by atoms with E-state index < -0.39 is 53.2 Å². The maximum Gasteiger partial charge on any atom is 0.407 e. The highest BCUT2D eigenvalue weighted by atomic mass is 19.1. The van der Waals surface area contributed by atoms with E-state index in [1.165, 1.54) is 31.4 Å². The number of hydrogen-bond donors (Lipinski definition) is 5. The molecule has 1 aliphatic rings. The fraction of sp³-hybridized carbons (Fsp3) is 0.206. The summed E-state index contributed by atoms with van der Waals surface area (Å²) in [5.74, 6) is -4.49. The van der Waals surface area contributed by atoms with Gasteiger partial charge in [-0.2, -0.15) is 0 Å². The van der Waals surface area contributed by atoms with E-state index in [1.807, 2.05) is 48.5 Å². The van der Waals surface area contributed by atoms with Crippen molar-refractivity contribution in [1.82, 2.24) is 5.32 Å². The maximum atomic E-state index is 13.6. The minimum atomic E-state index is -1.14. The van der Waals surface area contributed by atoms with Crippen LogP contribution in [0, 0.1) is 11.6 Å². The van der Waals surface area contributed by atoms with Crippen LogP contribution in [0.15, 0.2) is 84.9 Å². The summed E-state index contributed by atoms with van der Waals surface area (Å²) in [6.45, 7) is 0.0988. The molecule has 1 amide bonds. The van der Waals surface area contributed by atoms with Gasteiger partial charge in [0, 0.05) is 12.3 Å². The number of alkyl carbamates (subject to hydrolysis) is 1. The summed E-state index contributed by atoms with van der Waals surface area (Å²) in [5.41, 5.74) is 10.5. The Morgan fingerprint density at radius 1 is 0.826 bits per heavy atom. The Morgan fingerprint density at radius 3 is 1.80 bits per heavy atom. The first-order chi connectivity index (χ1) is 22.0. The molecule has 0 aromatic heterocycles. The van der Waals surface area contributed by atoms with Gasteiger partial charge in [0.25, 0.3) is 0 Å². The minimum absolute atomic E-state index is 0.0198. The number of carbonyl (C=O) groups excluding carboxylic acids is 2. The van der Waals surface area contributed by atoms with Gasteiger partial charge in [-0.05, 0) is 64.1 Å². The first-order valence-corrected chi connectivity index (χ1v) is 14.1. The number of fused-ring (bicyclic) bond motifs is 3. The Hall–Kier alpha value is -5.49. The molecule has 46 heavy (non-hydrogen) atoms. The van der Waals surface area contributed by atoms with Crippen LogP contribution in [0.4, 0.5) is 13.6 Å². The number of benzene rings is 4. The summed E-state index contributed by atoms with van der Waals surface area (Å²) in [6, 6.07) is 21.2. The molecule has 4 aromatic rings. The van der Waals surface area contributed by atoms with Crippen LogP contribution < -0.4 is 11.1 Å². The van der Waals surface area contributed by atoms with Crippen molar-refractivity contribution in [2.24, 2.45) is 5.73 Å². The molecular formula is C34H32F2N2O8. The van der Waals surface area contributed by atoms with Crippen molar-refractivity contribution in [1.29, 1.82) is 0 Å². The third-order valence-corrected chi connectivity index (χ3v) is 7.36.